The van der Waals surface area contributed by atoms with Gasteiger partial charge in [-0.15, -0.1) is 0 Å². The Morgan fingerprint density at radius 2 is 1.48 bits per heavy atom. The van der Waals surface area contributed by atoms with Crippen molar-refractivity contribution in [2.75, 3.05) is 0 Å². The Balaban J connectivity index is 2.32. The molecule has 0 aliphatic rings. The Kier molecular flexibility index (Phi) is 5.09. The predicted molar refractivity (Wildman–Crippen MR) is 94.3 cm³/mol. The van der Waals surface area contributed by atoms with Crippen LogP contribution in [0, 0.1) is 5.41 Å². The quantitative estimate of drug-likeness (QED) is 0.502. The second-order valence-electron chi connectivity index (χ2n) is 5.88. The van der Waals surface area contributed by atoms with Crippen molar-refractivity contribution in [3.05, 3.63) is 71.4 Å². The third kappa shape index (κ3) is 4.14. The lowest BCUT2D eigenvalue weighted by Crippen LogP contribution is -2.30. The van der Waals surface area contributed by atoms with Crippen LogP contribution in [0.4, 0.5) is 0 Å². The average molecular weight is 310 g/mol. The minimum Gasteiger partial charge on any atom is -0.507 e. The maximum atomic E-state index is 9.90. The van der Waals surface area contributed by atoms with Crippen molar-refractivity contribution in [2.24, 2.45) is 11.3 Å². The molecule has 0 atom stereocenters. The lowest BCUT2D eigenvalue weighted by Gasteiger charge is -2.24. The molecular weight excluding hydrogens is 288 g/mol. The van der Waals surface area contributed by atoms with Gasteiger partial charge in [0.25, 0.3) is 0 Å². The van der Waals surface area contributed by atoms with Crippen LogP contribution in [0.15, 0.2) is 60.3 Å². The van der Waals surface area contributed by atoms with Gasteiger partial charge < -0.3 is 15.6 Å². The van der Waals surface area contributed by atoms with Gasteiger partial charge in [0.1, 0.15) is 11.5 Å². The number of hydrogen-bond acceptors (Lipinski definition) is 4. The molecule has 23 heavy (non-hydrogen) atoms. The number of nitrogens with one attached hydrogen (secondary N) is 1. The highest BCUT2D eigenvalue weighted by Gasteiger charge is 2.20. The van der Waals surface area contributed by atoms with E-state index in [0.29, 0.717) is 5.56 Å². The van der Waals surface area contributed by atoms with E-state index >= 15 is 0 Å². The second kappa shape index (κ2) is 7.03. The topological polar surface area (TPSA) is 78.5 Å². The zero-order valence-corrected chi connectivity index (χ0v) is 13.3. The van der Waals surface area contributed by atoms with Crippen LogP contribution in [0.5, 0.6) is 11.5 Å². The highest BCUT2D eigenvalue weighted by atomic mass is 16.3. The van der Waals surface area contributed by atoms with E-state index in [9.17, 15) is 10.2 Å². The van der Waals surface area contributed by atoms with E-state index in [1.807, 2.05) is 56.3 Å². The Morgan fingerprint density at radius 1 is 0.957 bits per heavy atom. The normalized spacial score (nSPS) is 12.6. The summed E-state index contributed by atoms with van der Waals surface area (Å²) in [6.07, 6.45) is 5.61. The van der Waals surface area contributed by atoms with Crippen LogP contribution < -0.4 is 11.3 Å². The van der Waals surface area contributed by atoms with E-state index in [0.717, 1.165) is 11.3 Å². The first kappa shape index (κ1) is 16.6. The summed E-state index contributed by atoms with van der Waals surface area (Å²) >= 11 is 0. The van der Waals surface area contributed by atoms with Gasteiger partial charge in [-0.1, -0.05) is 62.4 Å². The number of nitrogens with two attached hydrogens (primary N) is 1. The number of phenols is 2. The molecule has 0 unspecified atom stereocenters. The van der Waals surface area contributed by atoms with E-state index in [-0.39, 0.29) is 11.5 Å². The third-order valence-corrected chi connectivity index (χ3v) is 3.70. The molecule has 120 valence electrons. The molecule has 0 aliphatic carbocycles. The summed E-state index contributed by atoms with van der Waals surface area (Å²) in [5.74, 6) is 6.10. The first-order valence-electron chi connectivity index (χ1n) is 7.38. The van der Waals surface area contributed by atoms with Gasteiger partial charge in [-0.3, -0.25) is 5.84 Å². The summed E-state index contributed by atoms with van der Waals surface area (Å²) in [4.78, 5) is 0. The fourth-order valence-corrected chi connectivity index (χ4v) is 2.20. The van der Waals surface area contributed by atoms with E-state index in [4.69, 9.17) is 5.84 Å². The Hall–Kier alpha value is -2.72. The lowest BCUT2D eigenvalue weighted by atomic mass is 9.87. The molecule has 2 aromatic rings. The van der Waals surface area contributed by atoms with Gasteiger partial charge in [-0.2, -0.15) is 0 Å². The molecule has 5 N–H and O–H groups in total. The SMILES string of the molecule is CC(C)(C=Cc1ccccc1O)C(=Cc1ccccc1O)NN. The van der Waals surface area contributed by atoms with Crippen LogP contribution in [-0.2, 0) is 0 Å². The summed E-state index contributed by atoms with van der Waals surface area (Å²) in [6.45, 7) is 3.99. The molecule has 0 bridgehead atoms. The van der Waals surface area contributed by atoms with E-state index in [1.165, 1.54) is 0 Å². The molecule has 0 saturated heterocycles. The van der Waals surface area contributed by atoms with Gasteiger partial charge in [-0.25, -0.2) is 0 Å². The Bertz CT molecular complexity index is 734. The second-order valence-corrected chi connectivity index (χ2v) is 5.88. The fraction of sp³-hybridized carbons (Fsp3) is 0.158. The summed E-state index contributed by atoms with van der Waals surface area (Å²) < 4.78 is 0. The zero-order chi connectivity index (χ0) is 16.9. The van der Waals surface area contributed by atoms with E-state index < -0.39 is 5.41 Å². The van der Waals surface area contributed by atoms with Crippen molar-refractivity contribution >= 4 is 12.2 Å². The molecule has 0 amide bonds. The zero-order valence-electron chi connectivity index (χ0n) is 13.3. The molecule has 0 heterocycles. The highest BCUT2D eigenvalue weighted by Crippen LogP contribution is 2.31. The van der Waals surface area contributed by atoms with Gasteiger partial charge in [0.05, 0.1) is 0 Å². The van der Waals surface area contributed by atoms with Gasteiger partial charge >= 0.3 is 0 Å². The van der Waals surface area contributed by atoms with Crippen LogP contribution >= 0.6 is 0 Å². The molecule has 0 radical (unpaired) electrons. The van der Waals surface area contributed by atoms with Crippen molar-refractivity contribution in [3.63, 3.8) is 0 Å². The number of phenolic OH excluding ortho intramolecular Hbond substituents is 2. The Labute approximate surface area is 136 Å². The van der Waals surface area contributed by atoms with Crippen molar-refractivity contribution in [2.45, 2.75) is 13.8 Å². The molecule has 2 aromatic carbocycles. The molecule has 4 nitrogen and oxygen atoms in total. The summed E-state index contributed by atoms with van der Waals surface area (Å²) in [5, 5.41) is 19.7. The number of hydrazine groups is 1. The molecular formula is C19H22N2O2. The van der Waals surface area contributed by atoms with Gasteiger partial charge in [0.2, 0.25) is 0 Å². The van der Waals surface area contributed by atoms with Gasteiger partial charge in [-0.05, 0) is 18.2 Å². The maximum absolute atomic E-state index is 9.90. The predicted octanol–water partition coefficient (Wildman–Crippen LogP) is 3.64. The monoisotopic (exact) mass is 310 g/mol. The van der Waals surface area contributed by atoms with Gasteiger partial charge in [0, 0.05) is 22.2 Å². The average Bonchev–Trinajstić information content (AvgIpc) is 2.53. The van der Waals surface area contributed by atoms with E-state index in [2.05, 4.69) is 5.43 Å². The molecule has 0 saturated carbocycles. The van der Waals surface area contributed by atoms with Crippen molar-refractivity contribution in [3.8, 4) is 11.5 Å². The minimum atomic E-state index is -0.417. The molecule has 0 aromatic heterocycles. The number of hydrogen-bond donors (Lipinski definition) is 4. The summed E-state index contributed by atoms with van der Waals surface area (Å²) in [5.41, 5.74) is 4.45. The van der Waals surface area contributed by atoms with Crippen LogP contribution in [0.2, 0.25) is 0 Å². The van der Waals surface area contributed by atoms with Crippen molar-refractivity contribution < 1.29 is 10.2 Å². The number of para-hydroxylation sites is 2. The molecule has 0 fully saturated rings. The van der Waals surface area contributed by atoms with Crippen LogP contribution in [-0.4, -0.2) is 10.2 Å². The number of benzene rings is 2. The standard InChI is InChI=1S/C19H22N2O2/c1-19(2,12-11-14-7-3-5-9-16(14)22)18(21-20)13-15-8-4-6-10-17(15)23/h3-13,21-23H,20H2,1-2H3. The van der Waals surface area contributed by atoms with Crippen molar-refractivity contribution in [1.29, 1.82) is 0 Å². The molecule has 0 aliphatic heterocycles. The summed E-state index contributed by atoms with van der Waals surface area (Å²) in [6, 6.07) is 14.2. The number of aromatic hydroxyl groups is 2. The Morgan fingerprint density at radius 3 is 2.00 bits per heavy atom. The highest BCUT2D eigenvalue weighted by molar-refractivity contribution is 5.62. The van der Waals surface area contributed by atoms with E-state index in [1.54, 1.807) is 24.3 Å². The largest absolute Gasteiger partial charge is 0.507 e. The first-order chi connectivity index (χ1) is 10.9. The number of allylic oxidation sites excluding steroid dienone is 1. The molecule has 0 spiro atoms. The maximum Gasteiger partial charge on any atom is 0.122 e. The number of rotatable bonds is 5. The summed E-state index contributed by atoms with van der Waals surface area (Å²) in [7, 11) is 0. The first-order valence-corrected chi connectivity index (χ1v) is 7.38. The smallest absolute Gasteiger partial charge is 0.122 e. The fourth-order valence-electron chi connectivity index (χ4n) is 2.20. The van der Waals surface area contributed by atoms with Crippen LogP contribution in [0.1, 0.15) is 25.0 Å². The third-order valence-electron chi connectivity index (χ3n) is 3.70. The minimum absolute atomic E-state index is 0.195. The lowest BCUT2D eigenvalue weighted by molar-refractivity contribution is 0.473. The molecule has 2 rings (SSSR count). The van der Waals surface area contributed by atoms with Crippen molar-refractivity contribution in [1.82, 2.24) is 5.43 Å². The van der Waals surface area contributed by atoms with Crippen LogP contribution in [0.3, 0.4) is 0 Å². The van der Waals surface area contributed by atoms with Gasteiger partial charge in [0.15, 0.2) is 0 Å². The molecule has 4 heteroatoms. The van der Waals surface area contributed by atoms with Crippen LogP contribution in [0.25, 0.3) is 12.2 Å².